The zero-order valence-corrected chi connectivity index (χ0v) is 11.6. The van der Waals surface area contributed by atoms with Gasteiger partial charge in [0.15, 0.2) is 0 Å². The van der Waals surface area contributed by atoms with Gasteiger partial charge in [0.1, 0.15) is 0 Å². The van der Waals surface area contributed by atoms with Gasteiger partial charge in [0.25, 0.3) is 0 Å². The summed E-state index contributed by atoms with van der Waals surface area (Å²) in [4.78, 5) is 4.38. The van der Waals surface area contributed by atoms with Gasteiger partial charge in [-0.25, -0.2) is 0 Å². The molecule has 4 rings (SSSR count). The molecule has 94 valence electrons. The van der Waals surface area contributed by atoms with Crippen LogP contribution in [0.1, 0.15) is 24.7 Å². The number of aromatic nitrogens is 3. The molecule has 0 unspecified atom stereocenters. The van der Waals surface area contributed by atoms with E-state index in [9.17, 15) is 0 Å². The van der Waals surface area contributed by atoms with Gasteiger partial charge in [0.2, 0.25) is 11.8 Å². The van der Waals surface area contributed by atoms with Crippen molar-refractivity contribution in [2.45, 2.75) is 18.8 Å². The van der Waals surface area contributed by atoms with Crippen LogP contribution >= 0.6 is 15.9 Å². The number of pyridine rings is 1. The molecule has 0 spiro atoms. The smallest absolute Gasteiger partial charge is 0.248 e. The highest BCUT2D eigenvalue weighted by atomic mass is 79.9. The molecule has 1 saturated carbocycles. The Balaban J connectivity index is 1.91. The highest BCUT2D eigenvalue weighted by molar-refractivity contribution is 9.10. The first-order chi connectivity index (χ1) is 9.33. The molecule has 2 heterocycles. The quantitative estimate of drug-likeness (QED) is 0.719. The van der Waals surface area contributed by atoms with Crippen LogP contribution < -0.4 is 0 Å². The van der Waals surface area contributed by atoms with Crippen molar-refractivity contribution in [1.29, 1.82) is 0 Å². The average molecular weight is 316 g/mol. The van der Waals surface area contributed by atoms with E-state index in [2.05, 4.69) is 31.1 Å². The molecule has 2 aromatic heterocycles. The minimum absolute atomic E-state index is 0.473. The van der Waals surface area contributed by atoms with E-state index in [1.807, 2.05) is 24.3 Å². The van der Waals surface area contributed by atoms with Crippen molar-refractivity contribution in [3.8, 4) is 11.5 Å². The van der Waals surface area contributed by atoms with Crippen molar-refractivity contribution >= 4 is 26.8 Å². The largest absolute Gasteiger partial charge is 0.420 e. The van der Waals surface area contributed by atoms with Gasteiger partial charge in [-0.05, 0) is 47.0 Å². The number of rotatable bonds is 2. The fraction of sp³-hybridized carbons (Fsp3) is 0.214. The summed E-state index contributed by atoms with van der Waals surface area (Å²) in [6.45, 7) is 0. The van der Waals surface area contributed by atoms with Crippen LogP contribution in [0.5, 0.6) is 0 Å². The first-order valence-electron chi connectivity index (χ1n) is 6.20. The van der Waals surface area contributed by atoms with Gasteiger partial charge in [0.05, 0.1) is 5.52 Å². The Bertz CT molecular complexity index is 764. The highest BCUT2D eigenvalue weighted by Crippen LogP contribution is 2.40. The van der Waals surface area contributed by atoms with Gasteiger partial charge >= 0.3 is 0 Å². The number of hydrogen-bond acceptors (Lipinski definition) is 4. The third-order valence-corrected chi connectivity index (χ3v) is 3.96. The molecular weight excluding hydrogens is 306 g/mol. The van der Waals surface area contributed by atoms with E-state index in [1.165, 1.54) is 0 Å². The normalized spacial score (nSPS) is 15.0. The van der Waals surface area contributed by atoms with E-state index in [4.69, 9.17) is 4.42 Å². The van der Waals surface area contributed by atoms with Crippen molar-refractivity contribution in [2.24, 2.45) is 0 Å². The molecule has 0 atom stereocenters. The minimum Gasteiger partial charge on any atom is -0.420 e. The van der Waals surface area contributed by atoms with Crippen molar-refractivity contribution in [1.82, 2.24) is 15.2 Å². The first-order valence-corrected chi connectivity index (χ1v) is 6.99. The zero-order chi connectivity index (χ0) is 12.8. The molecule has 1 aromatic carbocycles. The Morgan fingerprint density at radius 1 is 1.16 bits per heavy atom. The van der Waals surface area contributed by atoms with Gasteiger partial charge in [0, 0.05) is 27.5 Å². The number of fused-ring (bicyclic) bond motifs is 1. The van der Waals surface area contributed by atoms with Gasteiger partial charge in [-0.3, -0.25) is 4.98 Å². The lowest BCUT2D eigenvalue weighted by atomic mass is 10.1. The maximum atomic E-state index is 5.78. The van der Waals surface area contributed by atoms with E-state index in [1.54, 1.807) is 6.20 Å². The lowest BCUT2D eigenvalue weighted by molar-refractivity contribution is 0.509. The van der Waals surface area contributed by atoms with E-state index in [-0.39, 0.29) is 0 Å². The lowest BCUT2D eigenvalue weighted by Crippen LogP contribution is -1.85. The Morgan fingerprint density at radius 3 is 2.89 bits per heavy atom. The Hall–Kier alpha value is -1.75. The molecule has 4 nitrogen and oxygen atoms in total. The summed E-state index contributed by atoms with van der Waals surface area (Å²) in [5.74, 6) is 1.81. The summed E-state index contributed by atoms with van der Waals surface area (Å²) in [5, 5.41) is 9.32. The third kappa shape index (κ3) is 1.85. The molecule has 3 aromatic rings. The van der Waals surface area contributed by atoms with Crippen molar-refractivity contribution < 1.29 is 4.42 Å². The maximum Gasteiger partial charge on any atom is 0.248 e. The number of hydrogen-bond donors (Lipinski definition) is 0. The highest BCUT2D eigenvalue weighted by Gasteiger charge is 2.29. The van der Waals surface area contributed by atoms with Crippen LogP contribution in [-0.4, -0.2) is 15.2 Å². The van der Waals surface area contributed by atoms with Crippen molar-refractivity contribution in [3.05, 3.63) is 40.8 Å². The summed E-state index contributed by atoms with van der Waals surface area (Å²) in [6.07, 6.45) is 4.09. The number of nitrogens with zero attached hydrogens (tertiary/aromatic N) is 3. The molecule has 0 saturated heterocycles. The molecular formula is C14H10BrN3O. The lowest BCUT2D eigenvalue weighted by Gasteiger charge is -2.03. The molecule has 1 aliphatic rings. The molecule has 0 radical (unpaired) electrons. The monoisotopic (exact) mass is 315 g/mol. The molecule has 1 fully saturated rings. The predicted octanol–water partition coefficient (Wildman–Crippen LogP) is 3.92. The number of halogens is 1. The topological polar surface area (TPSA) is 51.8 Å². The van der Waals surface area contributed by atoms with Crippen LogP contribution in [0, 0.1) is 0 Å². The van der Waals surface area contributed by atoms with E-state index < -0.39 is 0 Å². The zero-order valence-electron chi connectivity index (χ0n) is 10.0. The van der Waals surface area contributed by atoms with Crippen molar-refractivity contribution in [3.63, 3.8) is 0 Å². The minimum atomic E-state index is 0.473. The summed E-state index contributed by atoms with van der Waals surface area (Å²) < 4.78 is 6.74. The average Bonchev–Trinajstić information content (AvgIpc) is 3.18. The van der Waals surface area contributed by atoms with E-state index in [0.717, 1.165) is 39.7 Å². The van der Waals surface area contributed by atoms with Crippen LogP contribution in [0.4, 0.5) is 0 Å². The summed E-state index contributed by atoms with van der Waals surface area (Å²) >= 11 is 3.51. The fourth-order valence-corrected chi connectivity index (χ4v) is 2.61. The second-order valence-corrected chi connectivity index (χ2v) is 5.57. The van der Waals surface area contributed by atoms with Gasteiger partial charge in [-0.1, -0.05) is 6.07 Å². The summed E-state index contributed by atoms with van der Waals surface area (Å²) in [6, 6.07) is 7.88. The summed E-state index contributed by atoms with van der Waals surface area (Å²) in [7, 11) is 0. The van der Waals surface area contributed by atoms with E-state index in [0.29, 0.717) is 11.8 Å². The maximum absolute atomic E-state index is 5.78. The summed E-state index contributed by atoms with van der Waals surface area (Å²) in [5.41, 5.74) is 1.84. The second kappa shape index (κ2) is 4.13. The standard InChI is InChI=1S/C14H10BrN3O/c15-11-6-5-10(9-2-1-7-16-12(9)11)14-18-17-13(19-14)8-3-4-8/h1-2,5-8H,3-4H2. The van der Waals surface area contributed by atoms with Crippen LogP contribution in [0.3, 0.4) is 0 Å². The van der Waals surface area contributed by atoms with Crippen LogP contribution in [0.25, 0.3) is 22.4 Å². The number of benzene rings is 1. The molecule has 0 amide bonds. The van der Waals surface area contributed by atoms with Crippen LogP contribution in [0.2, 0.25) is 0 Å². The van der Waals surface area contributed by atoms with Gasteiger partial charge in [-0.15, -0.1) is 10.2 Å². The molecule has 1 aliphatic carbocycles. The molecule has 19 heavy (non-hydrogen) atoms. The first kappa shape index (κ1) is 11.1. The third-order valence-electron chi connectivity index (χ3n) is 3.32. The molecule has 0 bridgehead atoms. The van der Waals surface area contributed by atoms with Gasteiger partial charge < -0.3 is 4.42 Å². The van der Waals surface area contributed by atoms with Crippen LogP contribution in [-0.2, 0) is 0 Å². The van der Waals surface area contributed by atoms with Crippen molar-refractivity contribution in [2.75, 3.05) is 0 Å². The molecule has 0 aliphatic heterocycles. The van der Waals surface area contributed by atoms with Gasteiger partial charge in [-0.2, -0.15) is 0 Å². The van der Waals surface area contributed by atoms with Crippen LogP contribution in [0.15, 0.2) is 39.4 Å². The molecule has 0 N–H and O–H groups in total. The Kier molecular flexibility index (Phi) is 2.41. The Morgan fingerprint density at radius 2 is 2.05 bits per heavy atom. The fourth-order valence-electron chi connectivity index (χ4n) is 2.16. The predicted molar refractivity (Wildman–Crippen MR) is 74.7 cm³/mol. The van der Waals surface area contributed by atoms with E-state index >= 15 is 0 Å². The second-order valence-electron chi connectivity index (χ2n) is 4.71. The SMILES string of the molecule is Brc1ccc(-c2nnc(C3CC3)o2)c2cccnc12. The Labute approximate surface area is 118 Å². The molecule has 5 heteroatoms.